The number of carbonyl (C=O) groups is 1. The zero-order valence-corrected chi connectivity index (χ0v) is 17.0. The normalized spacial score (nSPS) is 10.3. The predicted molar refractivity (Wildman–Crippen MR) is 109 cm³/mol. The average Bonchev–Trinajstić information content (AvgIpc) is 2.62. The quantitative estimate of drug-likeness (QED) is 0.695. The fourth-order valence-electron chi connectivity index (χ4n) is 2.82. The van der Waals surface area contributed by atoms with Crippen LogP contribution in [-0.4, -0.2) is 33.8 Å². The molecule has 2 aromatic carbocycles. The molecule has 2 N–H and O–H groups in total. The van der Waals surface area contributed by atoms with Crippen molar-refractivity contribution in [1.82, 2.24) is 0 Å². The molecule has 2 aromatic rings. The number of carbonyl (C=O) groups excluding carboxylic acids is 1. The van der Waals surface area contributed by atoms with Gasteiger partial charge in [-0.15, -0.1) is 0 Å². The first-order chi connectivity index (χ1) is 12.9. The first-order valence-electron chi connectivity index (χ1n) is 8.50. The van der Waals surface area contributed by atoms with Crippen LogP contribution in [0.4, 0.5) is 11.4 Å². The zero-order chi connectivity index (χ0) is 20.0. The lowest BCUT2D eigenvalue weighted by molar-refractivity contribution is -0.115. The van der Waals surface area contributed by atoms with E-state index in [2.05, 4.69) is 10.6 Å². The number of amides is 1. The summed E-state index contributed by atoms with van der Waals surface area (Å²) in [6, 6.07) is 7.32. The third-order valence-electron chi connectivity index (χ3n) is 4.03. The highest BCUT2D eigenvalue weighted by atomic mass is 35.5. The number of aryl methyl sites for hydroxylation is 2. The van der Waals surface area contributed by atoms with Crippen molar-refractivity contribution < 1.29 is 19.0 Å². The maximum atomic E-state index is 12.3. The molecule has 0 radical (unpaired) electrons. The van der Waals surface area contributed by atoms with Gasteiger partial charge in [-0.3, -0.25) is 4.79 Å². The third kappa shape index (κ3) is 5.20. The van der Waals surface area contributed by atoms with Gasteiger partial charge >= 0.3 is 0 Å². The van der Waals surface area contributed by atoms with Crippen LogP contribution >= 0.6 is 11.6 Å². The van der Waals surface area contributed by atoms with Gasteiger partial charge < -0.3 is 24.8 Å². The molecule has 0 atom stereocenters. The van der Waals surface area contributed by atoms with E-state index < -0.39 is 0 Å². The van der Waals surface area contributed by atoms with Crippen molar-refractivity contribution in [3.63, 3.8) is 0 Å². The van der Waals surface area contributed by atoms with Crippen molar-refractivity contribution in [2.24, 2.45) is 0 Å². The van der Waals surface area contributed by atoms with Crippen molar-refractivity contribution in [2.45, 2.75) is 20.3 Å². The fourth-order valence-corrected chi connectivity index (χ4v) is 3.21. The van der Waals surface area contributed by atoms with Crippen LogP contribution in [0.1, 0.15) is 17.5 Å². The van der Waals surface area contributed by atoms with Gasteiger partial charge in [0.25, 0.3) is 0 Å². The molecule has 1 amide bonds. The molecule has 0 bridgehead atoms. The topological polar surface area (TPSA) is 68.8 Å². The molecule has 0 fully saturated rings. The number of rotatable bonds is 8. The Kier molecular flexibility index (Phi) is 7.19. The van der Waals surface area contributed by atoms with Crippen molar-refractivity contribution in [3.8, 4) is 17.2 Å². The summed E-state index contributed by atoms with van der Waals surface area (Å²) < 4.78 is 15.9. The Morgan fingerprint density at radius 3 is 2.15 bits per heavy atom. The minimum Gasteiger partial charge on any atom is -0.493 e. The Labute approximate surface area is 164 Å². The van der Waals surface area contributed by atoms with Crippen molar-refractivity contribution in [2.75, 3.05) is 38.5 Å². The summed E-state index contributed by atoms with van der Waals surface area (Å²) in [5.74, 6) is 1.29. The molecule has 0 aliphatic carbocycles. The Balaban J connectivity index is 2.00. The Morgan fingerprint density at radius 2 is 1.63 bits per heavy atom. The maximum Gasteiger partial charge on any atom is 0.226 e. The minimum atomic E-state index is -0.141. The summed E-state index contributed by atoms with van der Waals surface area (Å²) in [6.07, 6.45) is 0.278. The lowest BCUT2D eigenvalue weighted by Crippen LogP contribution is -2.17. The summed E-state index contributed by atoms with van der Waals surface area (Å²) in [5.41, 5.74) is 3.56. The molecule has 6 nitrogen and oxygen atoms in total. The van der Waals surface area contributed by atoms with E-state index in [9.17, 15) is 4.79 Å². The standard InChI is InChI=1S/C20H25ClN2O4/c1-12-8-13(2)19(15(21)9-12)22-7-6-18(24)23-14-10-16(25-3)20(27-5)17(11-14)26-4/h8-11,22H,6-7H2,1-5H3,(H,23,24). The highest BCUT2D eigenvalue weighted by Crippen LogP contribution is 2.39. The van der Waals surface area contributed by atoms with Crippen LogP contribution in [0.25, 0.3) is 0 Å². The van der Waals surface area contributed by atoms with E-state index in [1.165, 1.54) is 21.3 Å². The van der Waals surface area contributed by atoms with E-state index >= 15 is 0 Å². The number of hydrogen-bond donors (Lipinski definition) is 2. The number of methoxy groups -OCH3 is 3. The van der Waals surface area contributed by atoms with Crippen LogP contribution in [0.5, 0.6) is 17.2 Å². The van der Waals surface area contributed by atoms with Crippen LogP contribution in [-0.2, 0) is 4.79 Å². The number of ether oxygens (including phenoxy) is 3. The molecule has 0 aliphatic heterocycles. The number of halogens is 1. The zero-order valence-electron chi connectivity index (χ0n) is 16.2. The third-order valence-corrected chi connectivity index (χ3v) is 4.33. The van der Waals surface area contributed by atoms with E-state index in [0.717, 1.165) is 16.8 Å². The number of benzene rings is 2. The molecule has 0 saturated carbocycles. The van der Waals surface area contributed by atoms with Crippen LogP contribution in [0.15, 0.2) is 24.3 Å². The van der Waals surface area contributed by atoms with E-state index in [1.807, 2.05) is 26.0 Å². The molecule has 146 valence electrons. The van der Waals surface area contributed by atoms with E-state index in [4.69, 9.17) is 25.8 Å². The first-order valence-corrected chi connectivity index (χ1v) is 8.87. The van der Waals surface area contributed by atoms with Gasteiger partial charge in [0, 0.05) is 30.8 Å². The molecule has 0 saturated heterocycles. The molecular formula is C20H25ClN2O4. The monoisotopic (exact) mass is 392 g/mol. The van der Waals surface area contributed by atoms with Gasteiger partial charge in [0.1, 0.15) is 0 Å². The van der Waals surface area contributed by atoms with E-state index in [-0.39, 0.29) is 12.3 Å². The average molecular weight is 393 g/mol. The summed E-state index contributed by atoms with van der Waals surface area (Å²) in [4.78, 5) is 12.3. The molecule has 0 heterocycles. The molecule has 27 heavy (non-hydrogen) atoms. The Bertz CT molecular complexity index is 776. The molecule has 0 aromatic heterocycles. The predicted octanol–water partition coefficient (Wildman–Crippen LogP) is 4.42. The summed E-state index contributed by atoms with van der Waals surface area (Å²) in [5, 5.41) is 6.72. The van der Waals surface area contributed by atoms with Crippen molar-refractivity contribution >= 4 is 28.9 Å². The van der Waals surface area contributed by atoms with Gasteiger partial charge in [0.2, 0.25) is 11.7 Å². The van der Waals surface area contributed by atoms with Crippen LogP contribution < -0.4 is 24.8 Å². The largest absolute Gasteiger partial charge is 0.493 e. The fraction of sp³-hybridized carbons (Fsp3) is 0.350. The Hall–Kier alpha value is -2.60. The van der Waals surface area contributed by atoms with Gasteiger partial charge in [0.05, 0.1) is 32.0 Å². The minimum absolute atomic E-state index is 0.141. The summed E-state index contributed by atoms with van der Waals surface area (Å²) in [7, 11) is 4.59. The SMILES string of the molecule is COc1cc(NC(=O)CCNc2c(C)cc(C)cc2Cl)cc(OC)c1OC. The highest BCUT2D eigenvalue weighted by molar-refractivity contribution is 6.33. The van der Waals surface area contributed by atoms with Crippen molar-refractivity contribution in [3.05, 3.63) is 40.4 Å². The number of anilines is 2. The lowest BCUT2D eigenvalue weighted by atomic mass is 10.1. The van der Waals surface area contributed by atoms with Crippen LogP contribution in [0, 0.1) is 13.8 Å². The van der Waals surface area contributed by atoms with Gasteiger partial charge in [0.15, 0.2) is 11.5 Å². The Morgan fingerprint density at radius 1 is 1.00 bits per heavy atom. The molecule has 7 heteroatoms. The smallest absolute Gasteiger partial charge is 0.226 e. The van der Waals surface area contributed by atoms with E-state index in [0.29, 0.717) is 34.5 Å². The molecule has 0 spiro atoms. The molecule has 0 aliphatic rings. The number of nitrogens with one attached hydrogen (secondary N) is 2. The lowest BCUT2D eigenvalue weighted by Gasteiger charge is -2.15. The van der Waals surface area contributed by atoms with Gasteiger partial charge in [-0.25, -0.2) is 0 Å². The summed E-state index contributed by atoms with van der Waals surface area (Å²) in [6.45, 7) is 4.44. The van der Waals surface area contributed by atoms with Crippen molar-refractivity contribution in [1.29, 1.82) is 0 Å². The van der Waals surface area contributed by atoms with Gasteiger partial charge in [-0.05, 0) is 31.0 Å². The highest BCUT2D eigenvalue weighted by Gasteiger charge is 2.14. The first kappa shape index (κ1) is 20.7. The molecule has 2 rings (SSSR count). The van der Waals surface area contributed by atoms with E-state index in [1.54, 1.807) is 12.1 Å². The second kappa shape index (κ2) is 9.37. The van der Waals surface area contributed by atoms with Crippen LogP contribution in [0.3, 0.4) is 0 Å². The van der Waals surface area contributed by atoms with Gasteiger partial charge in [-0.2, -0.15) is 0 Å². The van der Waals surface area contributed by atoms with Gasteiger partial charge in [-0.1, -0.05) is 17.7 Å². The number of hydrogen-bond acceptors (Lipinski definition) is 5. The second-order valence-corrected chi connectivity index (χ2v) is 6.48. The van der Waals surface area contributed by atoms with Crippen LogP contribution in [0.2, 0.25) is 5.02 Å². The molecular weight excluding hydrogens is 368 g/mol. The maximum absolute atomic E-state index is 12.3. The summed E-state index contributed by atoms with van der Waals surface area (Å²) >= 11 is 6.27. The second-order valence-electron chi connectivity index (χ2n) is 6.08. The molecule has 0 unspecified atom stereocenters.